The number of hydrogen-bond acceptors (Lipinski definition) is 11. The molecule has 0 saturated carbocycles. The predicted molar refractivity (Wildman–Crippen MR) is 411 cm³/mol. The maximum atomic E-state index is 13.6. The topological polar surface area (TPSA) is 310 Å². The van der Waals surface area contributed by atoms with Crippen LogP contribution in [0.3, 0.4) is 0 Å². The van der Waals surface area contributed by atoms with E-state index in [4.69, 9.17) is 72.3 Å². The molecule has 12 heterocycles. The minimum absolute atomic E-state index is 0. The molecule has 4 radical (unpaired) electrons. The molecule has 3 saturated heterocycles. The van der Waals surface area contributed by atoms with Crippen LogP contribution in [0.5, 0.6) is 0 Å². The summed E-state index contributed by atoms with van der Waals surface area (Å²) in [5.74, 6) is -0.743. The Morgan fingerprint density at radius 1 is 0.533 bits per heavy atom. The molecule has 0 spiro atoms. The molecule has 2 aromatic carbocycles. The molecular weight excluding hydrogens is 1580 g/mol. The quantitative estimate of drug-likeness (QED) is 0.113. The number of nitrogens with zero attached hydrogens (tertiary/aromatic N) is 14. The molecule has 0 bridgehead atoms. The summed E-state index contributed by atoms with van der Waals surface area (Å²) in [6.45, 7) is 7.50. The summed E-state index contributed by atoms with van der Waals surface area (Å²) in [5, 5.41) is 33.7. The van der Waals surface area contributed by atoms with Gasteiger partial charge in [-0.1, -0.05) is 69.5 Å². The van der Waals surface area contributed by atoms with E-state index in [0.29, 0.717) is 106 Å². The fourth-order valence-electron chi connectivity index (χ4n) is 10.9. The number of hydrogen-bond donors (Lipinski definition) is 3. The molecule has 3 amide bonds. The largest absolute Gasteiger partial charge is 0.412 e. The van der Waals surface area contributed by atoms with E-state index >= 15 is 0 Å². The lowest BCUT2D eigenvalue weighted by Crippen LogP contribution is -2.44. The van der Waals surface area contributed by atoms with E-state index in [1.807, 2.05) is 55.1 Å². The van der Waals surface area contributed by atoms with Gasteiger partial charge in [0.05, 0.1) is 107 Å². The third kappa shape index (κ3) is 20.9. The van der Waals surface area contributed by atoms with Crippen LogP contribution in [0.25, 0.3) is 55.2 Å². The first-order valence-corrected chi connectivity index (χ1v) is 35.2. The Labute approximate surface area is 639 Å². The van der Waals surface area contributed by atoms with E-state index in [-0.39, 0.29) is 84.6 Å². The molecule has 3 atom stereocenters. The predicted octanol–water partition coefficient (Wildman–Crippen LogP) is 7.47. The van der Waals surface area contributed by atoms with Gasteiger partial charge in [0.15, 0.2) is 0 Å². The Morgan fingerprint density at radius 2 is 0.943 bits per heavy atom. The molecule has 0 aliphatic carbocycles. The summed E-state index contributed by atoms with van der Waals surface area (Å²) in [6, 6.07) is 15.5. The van der Waals surface area contributed by atoms with Gasteiger partial charge in [-0.25, -0.2) is 13.2 Å². The second-order valence-electron chi connectivity index (χ2n) is 25.7. The summed E-state index contributed by atoms with van der Waals surface area (Å²) < 4.78 is 54.1. The van der Waals surface area contributed by atoms with Crippen molar-refractivity contribution >= 4 is 155 Å². The zero-order valence-corrected chi connectivity index (χ0v) is 64.2. The first kappa shape index (κ1) is 84.1. The molecule has 36 heteroatoms. The van der Waals surface area contributed by atoms with Crippen LogP contribution in [0.4, 0.5) is 13.2 Å². The summed E-state index contributed by atoms with van der Waals surface area (Å²) in [4.78, 5) is 83.1. The standard InChI is InChI=1S/C23H20Cl2FN5O2.C17H17BrFN5O2.C13H13BrFN3O2.C6H3BCl2.C6H14O2.C4H5BN2.2H2O/c1-28-11-16(9-27-28)31-12-17(14-2-3-18(24)19(25)8-14)22-20(31)5-7-30(23(22)33)13-21(32)29-6-4-15(26)10-29;1-21-8-12(6-20-21)24-9-13(18)16-14(24)3-5-23(17(16)26)10-15(25)22-4-2-11(19)7-22;14-9-5-16-10-2-4-18(13(20)12(9)10)7-11(19)17-3-1-8(15)6-17;7-4-1-2-5(8)6(9)3-4;1-5(2,7)6(3,4)8;1-7-3-4(5)2-6-7;;/h2-3,5,7-9,11-12,15H,4,6,10,13H2,1H3;3,5-6,8-9,11H,2,4,7,10H2,1H3;2,4-5,8,16H,1,3,6-7H2;1-3H;7-8H,1-4H3;2-3H,1H3;2*1H2. The van der Waals surface area contributed by atoms with Crippen LogP contribution in [0, 0.1) is 0 Å². The van der Waals surface area contributed by atoms with E-state index in [1.54, 1.807) is 146 Å². The fraction of sp³-hybridized carbons (Fsp3) is 0.348. The summed E-state index contributed by atoms with van der Waals surface area (Å²) >= 11 is 30.3. The fourth-order valence-corrected chi connectivity index (χ4v) is 12.6. The lowest BCUT2D eigenvalue weighted by atomic mass is 9.90. The van der Waals surface area contributed by atoms with Crippen LogP contribution < -0.4 is 27.6 Å². The molecule has 3 unspecified atom stereocenters. The number of likely N-dealkylation sites (tertiary alicyclic amines) is 3. The number of aromatic nitrogens is 12. The van der Waals surface area contributed by atoms with Crippen molar-refractivity contribution in [3.05, 3.63) is 189 Å². The minimum atomic E-state index is -1.01. The number of nitrogens with one attached hydrogen (secondary N) is 1. The molecule has 3 aliphatic heterocycles. The van der Waals surface area contributed by atoms with Gasteiger partial charge in [0.2, 0.25) is 17.7 Å². The van der Waals surface area contributed by atoms with E-state index in [9.17, 15) is 41.9 Å². The first-order chi connectivity index (χ1) is 48.5. The van der Waals surface area contributed by atoms with Crippen LogP contribution in [-0.4, -0.2) is 195 Å². The maximum absolute atomic E-state index is 13.6. The number of carbonyl (C=O) groups is 3. The normalized spacial score (nSPS) is 15.5. The molecule has 556 valence electrons. The Kier molecular flexibility index (Phi) is 28.8. The van der Waals surface area contributed by atoms with Crippen LogP contribution in [0.1, 0.15) is 47.0 Å². The summed E-state index contributed by atoms with van der Waals surface area (Å²) in [6.07, 6.45) is 18.7. The SMILES string of the molecule is CC(C)(O)C(C)(C)O.Cn1cc(-n2cc(-c3ccc(Cl)c(Cl)c3)c3c(=O)n(CC(=O)N4CCC(F)C4)ccc32)cn1.Cn1cc(-n2cc(Br)c3c(=O)n(CC(=O)N4CCC(F)C4)ccc32)cn1.O.O.O=C(Cn1ccc2[nH]cc(Br)c2c1=O)N1CCC(F)C1.[B]c1ccc(Cl)c(Cl)c1.[B]c1cnn(C)c1. The van der Waals surface area contributed by atoms with Gasteiger partial charge in [0.25, 0.3) is 16.7 Å². The molecular formula is C69H76B2Br2Cl4F3N15O10. The van der Waals surface area contributed by atoms with Crippen molar-refractivity contribution in [3.8, 4) is 22.5 Å². The van der Waals surface area contributed by atoms with Crippen LogP contribution in [0.2, 0.25) is 20.1 Å². The maximum Gasteiger partial charge on any atom is 0.261 e. The highest BCUT2D eigenvalue weighted by Gasteiger charge is 2.33. The molecule has 105 heavy (non-hydrogen) atoms. The highest BCUT2D eigenvalue weighted by Crippen LogP contribution is 2.35. The smallest absolute Gasteiger partial charge is 0.261 e. The third-order valence-electron chi connectivity index (χ3n) is 17.3. The number of aromatic amines is 1. The molecule has 11 aromatic rings. The van der Waals surface area contributed by atoms with Gasteiger partial charge in [-0.2, -0.15) is 15.3 Å². The van der Waals surface area contributed by atoms with Gasteiger partial charge in [0, 0.05) is 117 Å². The van der Waals surface area contributed by atoms with Crippen LogP contribution in [-0.2, 0) is 55.2 Å². The van der Waals surface area contributed by atoms with Crippen molar-refractivity contribution in [2.75, 3.05) is 39.3 Å². The van der Waals surface area contributed by atoms with Crippen molar-refractivity contribution in [1.82, 2.24) is 71.9 Å². The number of benzene rings is 2. The van der Waals surface area contributed by atoms with E-state index in [2.05, 4.69) is 52.1 Å². The Balaban J connectivity index is 0.000000191. The summed E-state index contributed by atoms with van der Waals surface area (Å²) in [7, 11) is 16.1. The van der Waals surface area contributed by atoms with E-state index in [1.165, 1.54) is 28.4 Å². The number of aliphatic hydroxyl groups is 2. The van der Waals surface area contributed by atoms with Gasteiger partial charge in [0.1, 0.15) is 53.8 Å². The second kappa shape index (κ2) is 35.9. The van der Waals surface area contributed by atoms with Crippen LogP contribution in [0.15, 0.2) is 152 Å². The second-order valence-corrected chi connectivity index (χ2v) is 29.1. The Morgan fingerprint density at radius 3 is 1.32 bits per heavy atom. The monoisotopic (exact) mass is 1650 g/mol. The molecule has 3 fully saturated rings. The number of alkyl halides is 3. The molecule has 3 aliphatic rings. The van der Waals surface area contributed by atoms with Crippen molar-refractivity contribution in [1.29, 1.82) is 0 Å². The zero-order chi connectivity index (χ0) is 75.1. The number of H-pyrrole nitrogens is 1. The first-order valence-electron chi connectivity index (χ1n) is 32.1. The minimum Gasteiger partial charge on any atom is -0.412 e. The average Bonchev–Trinajstić information content (AvgIpc) is 1.61. The number of fused-ring (bicyclic) bond motifs is 3. The zero-order valence-electron chi connectivity index (χ0n) is 58.0. The van der Waals surface area contributed by atoms with Gasteiger partial charge in [-0.05, 0) is 127 Å². The molecule has 14 rings (SSSR count). The van der Waals surface area contributed by atoms with Crippen molar-refractivity contribution in [2.45, 2.75) is 96.3 Å². The average molecular weight is 1660 g/mol. The number of rotatable bonds is 10. The number of amides is 3. The van der Waals surface area contributed by atoms with Crippen molar-refractivity contribution in [2.24, 2.45) is 21.1 Å². The lowest BCUT2D eigenvalue weighted by Gasteiger charge is -2.31. The number of aryl methyl sites for hydroxylation is 3. The highest BCUT2D eigenvalue weighted by molar-refractivity contribution is 9.11. The molecule has 25 nitrogen and oxygen atoms in total. The number of halogens is 9. The van der Waals surface area contributed by atoms with Gasteiger partial charge < -0.3 is 63.7 Å². The van der Waals surface area contributed by atoms with Gasteiger partial charge >= 0.3 is 0 Å². The Hall–Kier alpha value is -8.17. The van der Waals surface area contributed by atoms with Crippen molar-refractivity contribution in [3.63, 3.8) is 0 Å². The summed E-state index contributed by atoms with van der Waals surface area (Å²) in [5.41, 5.74) is 3.62. The van der Waals surface area contributed by atoms with Gasteiger partial charge in [-0.15, -0.1) is 0 Å². The number of pyridine rings is 3. The number of carbonyl (C=O) groups excluding carboxylic acids is 3. The highest BCUT2D eigenvalue weighted by atomic mass is 79.9. The van der Waals surface area contributed by atoms with E-state index < -0.39 is 29.7 Å². The Bertz CT molecular complexity index is 5060. The third-order valence-corrected chi connectivity index (χ3v) is 20.0. The van der Waals surface area contributed by atoms with Crippen molar-refractivity contribution < 1.29 is 48.7 Å². The molecule has 7 N–H and O–H groups in total. The van der Waals surface area contributed by atoms with Gasteiger partial charge in [-0.3, -0.25) is 42.8 Å². The van der Waals surface area contributed by atoms with E-state index in [0.717, 1.165) is 28.0 Å². The molecule has 9 aromatic heterocycles. The van der Waals surface area contributed by atoms with Crippen LogP contribution >= 0.6 is 78.3 Å². The lowest BCUT2D eigenvalue weighted by molar-refractivity contribution is -0.131.